The number of hydrogen-bond donors (Lipinski definition) is 0. The van der Waals surface area contributed by atoms with Gasteiger partial charge in [0.1, 0.15) is 0 Å². The lowest BCUT2D eigenvalue weighted by atomic mass is 9.86. The Morgan fingerprint density at radius 2 is 1.95 bits per heavy atom. The lowest BCUT2D eigenvalue weighted by molar-refractivity contribution is -0.0378. The third-order valence-electron chi connectivity index (χ3n) is 3.50. The number of allylic oxidation sites excluding steroid dienone is 1. The Hall–Kier alpha value is -1.22. The first-order valence-corrected chi connectivity index (χ1v) is 7.84. The molecular weight excluding hydrogens is 248 g/mol. The van der Waals surface area contributed by atoms with Crippen LogP contribution in [0.25, 0.3) is 5.57 Å². The van der Waals surface area contributed by atoms with Crippen molar-refractivity contribution in [1.29, 1.82) is 0 Å². The first-order chi connectivity index (χ1) is 9.73. The van der Waals surface area contributed by atoms with Gasteiger partial charge < -0.3 is 4.74 Å². The van der Waals surface area contributed by atoms with Crippen LogP contribution in [0.1, 0.15) is 65.6 Å². The molecule has 0 saturated carbocycles. The van der Waals surface area contributed by atoms with Gasteiger partial charge in [0, 0.05) is 19.0 Å². The molecule has 1 aromatic heterocycles. The minimum absolute atomic E-state index is 0.00739. The maximum atomic E-state index is 6.01. The van der Waals surface area contributed by atoms with Crippen molar-refractivity contribution in [1.82, 2.24) is 9.97 Å². The first kappa shape index (κ1) is 16.8. The van der Waals surface area contributed by atoms with Crippen molar-refractivity contribution in [2.45, 2.75) is 65.4 Å². The van der Waals surface area contributed by atoms with E-state index in [2.05, 4.69) is 29.9 Å². The van der Waals surface area contributed by atoms with Gasteiger partial charge in [-0.3, -0.25) is 0 Å². The Morgan fingerprint density at radius 1 is 1.25 bits per heavy atom. The van der Waals surface area contributed by atoms with E-state index in [0.29, 0.717) is 0 Å². The molecule has 2 rings (SSSR count). The number of hydrogen-bond acceptors (Lipinski definition) is 3. The maximum absolute atomic E-state index is 6.01. The summed E-state index contributed by atoms with van der Waals surface area (Å²) >= 11 is 0. The Kier molecular flexibility index (Phi) is 7.45. The third-order valence-corrected chi connectivity index (χ3v) is 3.50. The molecule has 112 valence electrons. The second kappa shape index (κ2) is 8.85. The number of ether oxygens (including phenoxy) is 1. The molecule has 0 aromatic carbocycles. The fourth-order valence-corrected chi connectivity index (χ4v) is 2.20. The van der Waals surface area contributed by atoms with Gasteiger partial charge >= 0.3 is 0 Å². The van der Waals surface area contributed by atoms with Gasteiger partial charge in [0.25, 0.3) is 0 Å². The highest BCUT2D eigenvalue weighted by atomic mass is 16.5. The van der Waals surface area contributed by atoms with Gasteiger partial charge in [-0.2, -0.15) is 0 Å². The van der Waals surface area contributed by atoms with Gasteiger partial charge in [0.05, 0.1) is 5.60 Å². The van der Waals surface area contributed by atoms with Gasteiger partial charge in [-0.15, -0.1) is 0 Å². The molecule has 1 aliphatic carbocycles. The zero-order chi connectivity index (χ0) is 14.8. The molecule has 1 heterocycles. The SMILES string of the molecule is CC.CCCCOC1(C)CC=C(c2ncccn2)CC1. The van der Waals surface area contributed by atoms with E-state index >= 15 is 0 Å². The minimum Gasteiger partial charge on any atom is -0.375 e. The van der Waals surface area contributed by atoms with Crippen LogP contribution >= 0.6 is 0 Å². The van der Waals surface area contributed by atoms with Crippen molar-refractivity contribution in [3.05, 3.63) is 30.4 Å². The molecule has 1 unspecified atom stereocenters. The zero-order valence-corrected chi connectivity index (χ0v) is 13.4. The van der Waals surface area contributed by atoms with E-state index in [-0.39, 0.29) is 5.60 Å². The van der Waals surface area contributed by atoms with Crippen LogP contribution in [0.15, 0.2) is 24.5 Å². The van der Waals surface area contributed by atoms with E-state index in [0.717, 1.165) is 38.1 Å². The molecule has 20 heavy (non-hydrogen) atoms. The molecular formula is C17H28N2O. The van der Waals surface area contributed by atoms with Crippen molar-refractivity contribution in [2.24, 2.45) is 0 Å². The third kappa shape index (κ3) is 5.04. The summed E-state index contributed by atoms with van der Waals surface area (Å²) in [5.41, 5.74) is 1.26. The summed E-state index contributed by atoms with van der Waals surface area (Å²) in [5, 5.41) is 0. The molecule has 1 aliphatic rings. The summed E-state index contributed by atoms with van der Waals surface area (Å²) in [7, 11) is 0. The van der Waals surface area contributed by atoms with Gasteiger partial charge in [-0.25, -0.2) is 9.97 Å². The summed E-state index contributed by atoms with van der Waals surface area (Å²) in [6.45, 7) is 9.27. The van der Waals surface area contributed by atoms with Gasteiger partial charge in [-0.05, 0) is 44.2 Å². The fourth-order valence-electron chi connectivity index (χ4n) is 2.20. The summed E-state index contributed by atoms with van der Waals surface area (Å²) in [6, 6.07) is 1.85. The number of unbranched alkanes of at least 4 members (excludes halogenated alkanes) is 1. The van der Waals surface area contributed by atoms with Crippen LogP contribution in [-0.2, 0) is 4.74 Å². The van der Waals surface area contributed by atoms with Crippen LogP contribution in [0.3, 0.4) is 0 Å². The Balaban J connectivity index is 0.000000956. The van der Waals surface area contributed by atoms with Crippen LogP contribution in [0.5, 0.6) is 0 Å². The molecule has 3 heteroatoms. The summed E-state index contributed by atoms with van der Waals surface area (Å²) < 4.78 is 6.01. The number of aromatic nitrogens is 2. The highest BCUT2D eigenvalue weighted by Gasteiger charge is 2.28. The molecule has 0 aliphatic heterocycles. The Labute approximate surface area is 123 Å². The normalized spacial score (nSPS) is 21.7. The molecule has 0 radical (unpaired) electrons. The highest BCUT2D eigenvalue weighted by Crippen LogP contribution is 2.33. The second-order valence-corrected chi connectivity index (χ2v) is 5.16. The smallest absolute Gasteiger partial charge is 0.154 e. The molecule has 0 fully saturated rings. The number of nitrogens with zero attached hydrogens (tertiary/aromatic N) is 2. The maximum Gasteiger partial charge on any atom is 0.154 e. The molecule has 0 bridgehead atoms. The summed E-state index contributed by atoms with van der Waals surface area (Å²) in [6.07, 6.45) is 11.2. The lowest BCUT2D eigenvalue weighted by Gasteiger charge is -2.32. The molecule has 0 amide bonds. The molecule has 0 saturated heterocycles. The average Bonchev–Trinajstić information content (AvgIpc) is 2.51. The van der Waals surface area contributed by atoms with Crippen LogP contribution in [0.2, 0.25) is 0 Å². The zero-order valence-electron chi connectivity index (χ0n) is 13.4. The molecule has 3 nitrogen and oxygen atoms in total. The average molecular weight is 276 g/mol. The number of rotatable bonds is 5. The standard InChI is InChI=1S/C15H22N2O.C2H6/c1-3-4-12-18-15(2)8-6-13(7-9-15)14-16-10-5-11-17-14;1-2/h5-6,10-11H,3-4,7-9,12H2,1-2H3;1-2H3. The fraction of sp³-hybridized carbons (Fsp3) is 0.647. The van der Waals surface area contributed by atoms with Crippen LogP contribution in [0.4, 0.5) is 0 Å². The Bertz CT molecular complexity index is 403. The monoisotopic (exact) mass is 276 g/mol. The first-order valence-electron chi connectivity index (χ1n) is 7.84. The molecule has 0 spiro atoms. The van der Waals surface area contributed by atoms with E-state index in [9.17, 15) is 0 Å². The van der Waals surface area contributed by atoms with E-state index in [1.165, 1.54) is 12.0 Å². The lowest BCUT2D eigenvalue weighted by Crippen LogP contribution is -2.31. The highest BCUT2D eigenvalue weighted by molar-refractivity contribution is 5.60. The predicted molar refractivity (Wildman–Crippen MR) is 84.5 cm³/mol. The quantitative estimate of drug-likeness (QED) is 0.734. The van der Waals surface area contributed by atoms with E-state index in [1.807, 2.05) is 19.9 Å². The summed E-state index contributed by atoms with van der Waals surface area (Å²) in [5.74, 6) is 0.869. The molecule has 0 N–H and O–H groups in total. The minimum atomic E-state index is 0.00739. The van der Waals surface area contributed by atoms with Gasteiger partial charge in [0.2, 0.25) is 0 Å². The summed E-state index contributed by atoms with van der Waals surface area (Å²) in [4.78, 5) is 8.61. The van der Waals surface area contributed by atoms with Crippen LogP contribution in [0, 0.1) is 0 Å². The van der Waals surface area contributed by atoms with Crippen LogP contribution in [-0.4, -0.2) is 22.2 Å². The van der Waals surface area contributed by atoms with Crippen molar-refractivity contribution in [3.63, 3.8) is 0 Å². The predicted octanol–water partition coefficient (Wildman–Crippen LogP) is 4.65. The van der Waals surface area contributed by atoms with Crippen molar-refractivity contribution < 1.29 is 4.74 Å². The van der Waals surface area contributed by atoms with Gasteiger partial charge in [-0.1, -0.05) is 33.3 Å². The van der Waals surface area contributed by atoms with Crippen LogP contribution < -0.4 is 0 Å². The van der Waals surface area contributed by atoms with E-state index in [1.54, 1.807) is 12.4 Å². The van der Waals surface area contributed by atoms with E-state index < -0.39 is 0 Å². The topological polar surface area (TPSA) is 35.0 Å². The molecule has 1 aromatic rings. The van der Waals surface area contributed by atoms with Crippen molar-refractivity contribution in [2.75, 3.05) is 6.61 Å². The second-order valence-electron chi connectivity index (χ2n) is 5.16. The van der Waals surface area contributed by atoms with E-state index in [4.69, 9.17) is 4.74 Å². The van der Waals surface area contributed by atoms with Crippen molar-refractivity contribution >= 4 is 5.57 Å². The van der Waals surface area contributed by atoms with Crippen molar-refractivity contribution in [3.8, 4) is 0 Å². The molecule has 1 atom stereocenters. The largest absolute Gasteiger partial charge is 0.375 e. The van der Waals surface area contributed by atoms with Gasteiger partial charge in [0.15, 0.2) is 5.82 Å². The Morgan fingerprint density at radius 3 is 2.50 bits per heavy atom.